The molecule has 3 aromatic carbocycles. The largest absolute Gasteiger partial charge is 0.487 e. The van der Waals surface area contributed by atoms with Crippen molar-refractivity contribution in [2.75, 3.05) is 30.6 Å². The summed E-state index contributed by atoms with van der Waals surface area (Å²) < 4.78 is 37.4. The molecule has 7 rings (SSSR count). The first-order valence-corrected chi connectivity index (χ1v) is 20.4. The van der Waals surface area contributed by atoms with Gasteiger partial charge >= 0.3 is 0 Å². The zero-order chi connectivity index (χ0) is 40.6. The predicted molar refractivity (Wildman–Crippen MR) is 207 cm³/mol. The van der Waals surface area contributed by atoms with Crippen LogP contribution in [-0.4, -0.2) is 89.9 Å². The maximum atomic E-state index is 13.2. The fourth-order valence-electron chi connectivity index (χ4n) is 7.05. The number of likely N-dealkylation sites (tertiary alicyclic amines) is 1. The number of carbonyl (C=O) groups is 4. The molecule has 2 N–H and O–H groups in total. The number of imide groups is 2. The minimum absolute atomic E-state index is 0.0369. The van der Waals surface area contributed by atoms with Crippen LogP contribution in [0.2, 0.25) is 5.02 Å². The van der Waals surface area contributed by atoms with E-state index in [1.54, 1.807) is 30.3 Å². The second kappa shape index (κ2) is 15.6. The molecule has 0 aliphatic carbocycles. The Bertz CT molecular complexity index is 2450. The van der Waals surface area contributed by atoms with Crippen molar-refractivity contribution in [3.05, 3.63) is 111 Å². The molecular formula is C40H38ClN7O8S. The zero-order valence-electron chi connectivity index (χ0n) is 31.2. The van der Waals surface area contributed by atoms with Gasteiger partial charge in [0, 0.05) is 37.7 Å². The highest BCUT2D eigenvalue weighted by atomic mass is 35.5. The molecule has 3 aliphatic rings. The van der Waals surface area contributed by atoms with Crippen molar-refractivity contribution in [3.63, 3.8) is 0 Å². The minimum atomic E-state index is -3.52. The van der Waals surface area contributed by atoms with E-state index in [4.69, 9.17) is 21.1 Å². The van der Waals surface area contributed by atoms with Gasteiger partial charge in [-0.15, -0.1) is 0 Å². The first-order chi connectivity index (χ1) is 27.1. The summed E-state index contributed by atoms with van der Waals surface area (Å²) >= 11 is 6.77. The van der Waals surface area contributed by atoms with E-state index in [2.05, 4.69) is 31.0 Å². The molecule has 4 heterocycles. The third-order valence-corrected chi connectivity index (χ3v) is 11.1. The molecule has 4 aromatic rings. The number of halogens is 1. The van der Waals surface area contributed by atoms with E-state index in [1.807, 2.05) is 44.2 Å². The highest BCUT2D eigenvalue weighted by molar-refractivity contribution is 7.92. The van der Waals surface area contributed by atoms with Crippen molar-refractivity contribution in [1.82, 2.24) is 25.1 Å². The number of piperidine rings is 1. The number of rotatable bonds is 13. The molecule has 2 saturated heterocycles. The Balaban J connectivity index is 0.928. The number of hydrogen-bond donors (Lipinski definition) is 2. The zero-order valence-corrected chi connectivity index (χ0v) is 32.8. The topological polar surface area (TPSA) is 201 Å². The summed E-state index contributed by atoms with van der Waals surface area (Å²) in [6, 6.07) is 19.1. The van der Waals surface area contributed by atoms with Crippen molar-refractivity contribution in [3.8, 4) is 17.6 Å². The van der Waals surface area contributed by atoms with Crippen molar-refractivity contribution in [2.45, 2.75) is 57.3 Å². The van der Waals surface area contributed by atoms with Gasteiger partial charge in [0.1, 0.15) is 30.6 Å². The summed E-state index contributed by atoms with van der Waals surface area (Å²) in [5.41, 5.74) is 3.40. The molecule has 17 heteroatoms. The summed E-state index contributed by atoms with van der Waals surface area (Å²) in [6.07, 6.45) is 3.04. The number of anilines is 1. The van der Waals surface area contributed by atoms with Gasteiger partial charge in [-0.3, -0.25) is 39.0 Å². The van der Waals surface area contributed by atoms with Crippen molar-refractivity contribution in [2.24, 2.45) is 0 Å². The van der Waals surface area contributed by atoms with Gasteiger partial charge in [0.05, 0.1) is 33.7 Å². The number of nitrogens with one attached hydrogen (secondary N) is 2. The maximum absolute atomic E-state index is 13.2. The minimum Gasteiger partial charge on any atom is -0.487 e. The molecule has 1 aromatic heterocycles. The van der Waals surface area contributed by atoms with Crippen LogP contribution >= 0.6 is 11.6 Å². The lowest BCUT2D eigenvalue weighted by Crippen LogP contribution is -2.54. The van der Waals surface area contributed by atoms with E-state index >= 15 is 0 Å². The summed E-state index contributed by atoms with van der Waals surface area (Å²) in [6.45, 7) is 6.02. The van der Waals surface area contributed by atoms with Gasteiger partial charge in [-0.25, -0.2) is 18.4 Å². The molecule has 0 radical (unpaired) electrons. The van der Waals surface area contributed by atoms with E-state index in [1.165, 1.54) is 6.20 Å². The summed E-state index contributed by atoms with van der Waals surface area (Å²) in [4.78, 5) is 61.4. The predicted octanol–water partition coefficient (Wildman–Crippen LogP) is 3.98. The van der Waals surface area contributed by atoms with E-state index in [-0.39, 0.29) is 42.6 Å². The Morgan fingerprint density at radius 3 is 2.44 bits per heavy atom. The first-order valence-electron chi connectivity index (χ1n) is 18.1. The Morgan fingerprint density at radius 1 is 1.00 bits per heavy atom. The number of nitriles is 1. The molecule has 3 aliphatic heterocycles. The number of nitrogens with zero attached hydrogens (tertiary/aromatic N) is 5. The average Bonchev–Trinajstić information content (AvgIpc) is 3.39. The molecule has 1 atom stereocenters. The standard InChI is InChI=1S/C40H38ClN7O8S/c1-40(2,25-5-7-28(8-6-25)55-22-27-12-14-43-39(44-27)46-57(3,53)54)26-17-24(19-42)35(32(41)18-26)56-29-20-47(21-29)15-13-23-4-9-30-31(16-23)38(52)48(37(30)51)33-10-11-34(49)45-36(33)50/h4-9,12,14,16-18,29,33H,10-11,13,15,20-22H2,1-3H3,(H,43,44,46)(H,45,49,50). The molecule has 4 amide bonds. The van der Waals surface area contributed by atoms with Gasteiger partial charge in [0.2, 0.25) is 27.8 Å². The van der Waals surface area contributed by atoms with Gasteiger partial charge < -0.3 is 9.47 Å². The normalized spacial score (nSPS) is 17.5. The Kier molecular flexibility index (Phi) is 10.7. The lowest BCUT2D eigenvalue weighted by molar-refractivity contribution is -0.136. The summed E-state index contributed by atoms with van der Waals surface area (Å²) in [5, 5.41) is 12.6. The molecular weight excluding hydrogens is 774 g/mol. The first kappa shape index (κ1) is 39.3. The fraction of sp³-hybridized carbons (Fsp3) is 0.325. The Hall–Kier alpha value is -5.89. The smallest absolute Gasteiger partial charge is 0.262 e. The molecule has 0 saturated carbocycles. The number of hydrogen-bond acceptors (Lipinski definition) is 12. The van der Waals surface area contributed by atoms with Gasteiger partial charge in [0.15, 0.2) is 5.75 Å². The SMILES string of the molecule is CC(C)(c1ccc(OCc2ccnc(NS(C)(=O)=O)n2)cc1)c1cc(Cl)c(OC2CN(CCc3ccc4c(c3)C(=O)N(C3CCC(=O)NC3=O)C4=O)C2)c(C#N)c1. The lowest BCUT2D eigenvalue weighted by Gasteiger charge is -2.39. The lowest BCUT2D eigenvalue weighted by atomic mass is 9.77. The molecule has 57 heavy (non-hydrogen) atoms. The number of sulfonamides is 1. The van der Waals surface area contributed by atoms with Crippen LogP contribution < -0.4 is 19.5 Å². The van der Waals surface area contributed by atoms with Gasteiger partial charge in [-0.1, -0.05) is 43.6 Å². The van der Waals surface area contributed by atoms with Crippen LogP contribution in [0.1, 0.15) is 75.4 Å². The van der Waals surface area contributed by atoms with E-state index in [0.717, 1.165) is 27.8 Å². The molecule has 2 fully saturated rings. The van der Waals surface area contributed by atoms with Crippen LogP contribution in [-0.2, 0) is 38.1 Å². The van der Waals surface area contributed by atoms with Crippen LogP contribution in [0.4, 0.5) is 5.95 Å². The van der Waals surface area contributed by atoms with Gasteiger partial charge in [-0.05, 0) is 72.0 Å². The maximum Gasteiger partial charge on any atom is 0.262 e. The molecule has 1 unspecified atom stereocenters. The average molecular weight is 812 g/mol. The van der Waals surface area contributed by atoms with Gasteiger partial charge in [-0.2, -0.15) is 5.26 Å². The third kappa shape index (κ3) is 8.46. The highest BCUT2D eigenvalue weighted by Crippen LogP contribution is 2.39. The summed E-state index contributed by atoms with van der Waals surface area (Å²) in [5.74, 6) is -1.27. The van der Waals surface area contributed by atoms with Gasteiger partial charge in [0.25, 0.3) is 11.8 Å². The van der Waals surface area contributed by atoms with Crippen molar-refractivity contribution < 1.29 is 37.1 Å². The number of ether oxygens (including phenoxy) is 2. The number of amides is 4. The third-order valence-electron chi connectivity index (χ3n) is 10.3. The van der Waals surface area contributed by atoms with Crippen LogP contribution in [0.15, 0.2) is 66.9 Å². The number of benzene rings is 3. The van der Waals surface area contributed by atoms with Crippen molar-refractivity contribution in [1.29, 1.82) is 5.26 Å². The highest BCUT2D eigenvalue weighted by Gasteiger charge is 2.44. The summed E-state index contributed by atoms with van der Waals surface area (Å²) in [7, 11) is -3.52. The van der Waals surface area contributed by atoms with E-state index < -0.39 is 45.1 Å². The molecule has 294 valence electrons. The molecule has 15 nitrogen and oxygen atoms in total. The second-order valence-corrected chi connectivity index (χ2v) is 16.9. The number of aromatic nitrogens is 2. The van der Waals surface area contributed by atoms with Crippen molar-refractivity contribution >= 4 is 51.2 Å². The fourth-order valence-corrected chi connectivity index (χ4v) is 7.74. The molecule has 0 bridgehead atoms. The van der Waals surface area contributed by atoms with Crippen LogP contribution in [0.5, 0.6) is 11.5 Å². The van der Waals surface area contributed by atoms with Crippen LogP contribution in [0.25, 0.3) is 0 Å². The van der Waals surface area contributed by atoms with Crippen LogP contribution in [0, 0.1) is 11.3 Å². The van der Waals surface area contributed by atoms with Crippen LogP contribution in [0.3, 0.4) is 0 Å². The Labute approximate surface area is 334 Å². The monoisotopic (exact) mass is 811 g/mol. The Morgan fingerprint density at radius 2 is 1.74 bits per heavy atom. The number of fused-ring (bicyclic) bond motifs is 1. The number of carbonyl (C=O) groups excluding carboxylic acids is 4. The quantitative estimate of drug-likeness (QED) is 0.184. The molecule has 0 spiro atoms. The second-order valence-electron chi connectivity index (χ2n) is 14.7. The van der Waals surface area contributed by atoms with E-state index in [0.29, 0.717) is 53.8 Å². The van der Waals surface area contributed by atoms with E-state index in [9.17, 15) is 32.9 Å².